The zero-order valence-electron chi connectivity index (χ0n) is 14.0. The van der Waals surface area contributed by atoms with E-state index in [0.717, 1.165) is 17.7 Å². The average Bonchev–Trinajstić information content (AvgIpc) is 3.25. The molecule has 3 heterocycles. The number of rotatable bonds is 4. The van der Waals surface area contributed by atoms with Crippen molar-refractivity contribution in [1.29, 1.82) is 0 Å². The third-order valence-electron chi connectivity index (χ3n) is 5.57. The Bertz CT molecular complexity index is 632. The molecule has 0 unspecified atom stereocenters. The van der Waals surface area contributed by atoms with Crippen LogP contribution in [0.25, 0.3) is 0 Å². The van der Waals surface area contributed by atoms with E-state index in [9.17, 15) is 14.0 Å². The van der Waals surface area contributed by atoms with Crippen molar-refractivity contribution in [2.24, 2.45) is 5.92 Å². The molecule has 3 fully saturated rings. The fourth-order valence-electron chi connectivity index (χ4n) is 4.08. The summed E-state index contributed by atoms with van der Waals surface area (Å²) in [5.74, 6) is -0.151. The molecule has 1 aromatic heterocycles. The van der Waals surface area contributed by atoms with E-state index in [2.05, 4.69) is 5.32 Å². The van der Waals surface area contributed by atoms with Crippen LogP contribution < -0.4 is 5.32 Å². The Morgan fingerprint density at radius 3 is 2.88 bits per heavy atom. The van der Waals surface area contributed by atoms with Crippen LogP contribution in [0.1, 0.15) is 37.0 Å². The highest BCUT2D eigenvalue weighted by atomic mass is 32.1. The number of thiophene rings is 1. The van der Waals surface area contributed by atoms with Crippen LogP contribution in [0.15, 0.2) is 17.5 Å². The molecule has 0 radical (unpaired) electrons. The molecular formula is C18H23FN2O3S. The third-order valence-corrected chi connectivity index (χ3v) is 6.45. The van der Waals surface area contributed by atoms with Crippen LogP contribution in [-0.2, 0) is 20.9 Å². The van der Waals surface area contributed by atoms with E-state index in [1.165, 1.54) is 0 Å². The fourth-order valence-corrected chi connectivity index (χ4v) is 4.72. The van der Waals surface area contributed by atoms with Crippen molar-refractivity contribution in [3.8, 4) is 0 Å². The topological polar surface area (TPSA) is 58.6 Å². The van der Waals surface area contributed by atoms with Gasteiger partial charge in [-0.1, -0.05) is 6.07 Å². The van der Waals surface area contributed by atoms with E-state index in [-0.39, 0.29) is 29.9 Å². The number of hydrogen-bond donors (Lipinski definition) is 1. The minimum absolute atomic E-state index is 0.0486. The van der Waals surface area contributed by atoms with E-state index in [1.807, 2.05) is 22.4 Å². The molecule has 5 nitrogen and oxygen atoms in total. The van der Waals surface area contributed by atoms with Crippen molar-refractivity contribution in [1.82, 2.24) is 10.2 Å². The zero-order valence-corrected chi connectivity index (χ0v) is 14.8. The minimum atomic E-state index is -0.814. The van der Waals surface area contributed by atoms with Gasteiger partial charge in [0.2, 0.25) is 11.8 Å². The van der Waals surface area contributed by atoms with Gasteiger partial charge in [0.15, 0.2) is 0 Å². The Kier molecular flexibility index (Phi) is 4.78. The maximum absolute atomic E-state index is 13.0. The van der Waals surface area contributed by atoms with Gasteiger partial charge in [-0.25, -0.2) is 4.39 Å². The number of carbonyl (C=O) groups is 2. The van der Waals surface area contributed by atoms with E-state index in [1.54, 1.807) is 11.3 Å². The Balaban J connectivity index is 1.29. The number of fused-ring (bicyclic) bond motifs is 1. The number of alkyl halides is 1. The highest BCUT2D eigenvalue weighted by molar-refractivity contribution is 7.09. The number of likely N-dealkylation sites (tertiary alicyclic amines) is 1. The van der Waals surface area contributed by atoms with E-state index >= 15 is 0 Å². The van der Waals surface area contributed by atoms with Crippen molar-refractivity contribution in [2.45, 2.75) is 63.1 Å². The maximum Gasteiger partial charge on any atom is 0.249 e. The second kappa shape index (κ2) is 7.03. The zero-order chi connectivity index (χ0) is 17.4. The van der Waals surface area contributed by atoms with Gasteiger partial charge in [0, 0.05) is 17.3 Å². The predicted molar refractivity (Wildman–Crippen MR) is 91.8 cm³/mol. The summed E-state index contributed by atoms with van der Waals surface area (Å²) in [5, 5.41) is 4.92. The molecule has 0 bridgehead atoms. The van der Waals surface area contributed by atoms with Crippen molar-refractivity contribution in [2.75, 3.05) is 6.54 Å². The molecule has 2 saturated heterocycles. The van der Waals surface area contributed by atoms with Crippen LogP contribution in [0.4, 0.5) is 4.39 Å². The van der Waals surface area contributed by atoms with Gasteiger partial charge in [0.05, 0.1) is 18.7 Å². The number of amides is 2. The van der Waals surface area contributed by atoms with Crippen molar-refractivity contribution in [3.63, 3.8) is 0 Å². The summed E-state index contributed by atoms with van der Waals surface area (Å²) in [7, 11) is 0. The lowest BCUT2D eigenvalue weighted by atomic mass is 9.82. The predicted octanol–water partition coefficient (Wildman–Crippen LogP) is 2.26. The standard InChI is InChI=1S/C18H23FN2O3S/c19-12-8-11(9-12)18(23)21-6-5-15-14(21)3-4-16(24-15)17(22)20-10-13-2-1-7-25-13/h1-2,7,11-12,14-16H,3-6,8-10H2,(H,20,22)/t11?,12?,14-,15-,16+/m1/s1. The van der Waals surface area contributed by atoms with Crippen LogP contribution >= 0.6 is 11.3 Å². The SMILES string of the molecule is O=C(NCc1cccs1)[C@@H]1CC[C@@H]2[C@@H](CCN2C(=O)C2CC(F)C2)O1. The normalized spacial score (nSPS) is 34.3. The van der Waals surface area contributed by atoms with Gasteiger partial charge < -0.3 is 15.0 Å². The quantitative estimate of drug-likeness (QED) is 0.889. The van der Waals surface area contributed by atoms with Crippen LogP contribution in [0, 0.1) is 5.92 Å². The summed E-state index contributed by atoms with van der Waals surface area (Å²) < 4.78 is 19.0. The summed E-state index contributed by atoms with van der Waals surface area (Å²) in [6, 6.07) is 4.00. The summed E-state index contributed by atoms with van der Waals surface area (Å²) in [5.41, 5.74) is 0. The molecule has 0 aromatic carbocycles. The molecule has 0 spiro atoms. The Morgan fingerprint density at radius 1 is 1.32 bits per heavy atom. The molecule has 1 aliphatic carbocycles. The van der Waals surface area contributed by atoms with Crippen LogP contribution in [0.2, 0.25) is 0 Å². The first kappa shape index (κ1) is 17.0. The third kappa shape index (κ3) is 3.44. The maximum atomic E-state index is 13.0. The Labute approximate surface area is 150 Å². The molecule has 7 heteroatoms. The molecule has 136 valence electrons. The largest absolute Gasteiger partial charge is 0.363 e. The lowest BCUT2D eigenvalue weighted by molar-refractivity contribution is -0.151. The number of nitrogens with one attached hydrogen (secondary N) is 1. The fraction of sp³-hybridized carbons (Fsp3) is 0.667. The molecule has 1 saturated carbocycles. The van der Waals surface area contributed by atoms with Gasteiger partial charge in [0.25, 0.3) is 0 Å². The van der Waals surface area contributed by atoms with Gasteiger partial charge in [-0.3, -0.25) is 9.59 Å². The molecule has 3 atom stereocenters. The monoisotopic (exact) mass is 366 g/mol. The van der Waals surface area contributed by atoms with Crippen LogP contribution in [0.3, 0.4) is 0 Å². The summed E-state index contributed by atoms with van der Waals surface area (Å²) in [4.78, 5) is 27.8. The van der Waals surface area contributed by atoms with Crippen molar-refractivity contribution < 1.29 is 18.7 Å². The molecule has 2 aliphatic heterocycles. The minimum Gasteiger partial charge on any atom is -0.363 e. The summed E-state index contributed by atoms with van der Waals surface area (Å²) in [6.45, 7) is 1.19. The molecule has 1 N–H and O–H groups in total. The van der Waals surface area contributed by atoms with Crippen molar-refractivity contribution >= 4 is 23.2 Å². The molecule has 3 aliphatic rings. The van der Waals surface area contributed by atoms with Gasteiger partial charge in [-0.2, -0.15) is 0 Å². The number of nitrogens with zero attached hydrogens (tertiary/aromatic N) is 1. The highest BCUT2D eigenvalue weighted by Crippen LogP contribution is 2.37. The second-order valence-electron chi connectivity index (χ2n) is 7.19. The summed E-state index contributed by atoms with van der Waals surface area (Å²) >= 11 is 1.61. The Morgan fingerprint density at radius 2 is 2.16 bits per heavy atom. The molecule has 4 rings (SSSR count). The Hall–Kier alpha value is -1.47. The van der Waals surface area contributed by atoms with E-state index in [4.69, 9.17) is 4.74 Å². The highest BCUT2D eigenvalue weighted by Gasteiger charge is 2.46. The first-order chi connectivity index (χ1) is 12.1. The molecular weight excluding hydrogens is 343 g/mol. The van der Waals surface area contributed by atoms with Gasteiger partial charge in [-0.05, 0) is 43.6 Å². The van der Waals surface area contributed by atoms with Gasteiger partial charge in [-0.15, -0.1) is 11.3 Å². The summed E-state index contributed by atoms with van der Waals surface area (Å²) in [6.07, 6.45) is 1.56. The van der Waals surface area contributed by atoms with E-state index in [0.29, 0.717) is 32.4 Å². The van der Waals surface area contributed by atoms with Gasteiger partial charge >= 0.3 is 0 Å². The number of halogens is 1. The number of carbonyl (C=O) groups excluding carboxylic acids is 2. The van der Waals surface area contributed by atoms with Gasteiger partial charge in [0.1, 0.15) is 12.3 Å². The average molecular weight is 366 g/mol. The van der Waals surface area contributed by atoms with Crippen LogP contribution in [0.5, 0.6) is 0 Å². The first-order valence-electron chi connectivity index (χ1n) is 9.02. The van der Waals surface area contributed by atoms with Crippen molar-refractivity contribution in [3.05, 3.63) is 22.4 Å². The molecule has 1 aromatic rings. The smallest absolute Gasteiger partial charge is 0.249 e. The lowest BCUT2D eigenvalue weighted by Gasteiger charge is -2.38. The molecule has 25 heavy (non-hydrogen) atoms. The first-order valence-corrected chi connectivity index (χ1v) is 9.90. The number of ether oxygens (including phenoxy) is 1. The van der Waals surface area contributed by atoms with E-state index < -0.39 is 12.3 Å². The second-order valence-corrected chi connectivity index (χ2v) is 8.22. The van der Waals surface area contributed by atoms with Crippen LogP contribution in [-0.4, -0.2) is 47.7 Å². The number of hydrogen-bond acceptors (Lipinski definition) is 4. The molecule has 2 amide bonds. The lowest BCUT2D eigenvalue weighted by Crippen LogP contribution is -2.51.